The molecular formula is C22H27NO6. The maximum atomic E-state index is 12.4. The Balaban J connectivity index is 1.98. The number of benzene rings is 2. The highest BCUT2D eigenvalue weighted by atomic mass is 16.5. The lowest BCUT2D eigenvalue weighted by molar-refractivity contribution is -0.123. The molecule has 7 nitrogen and oxygen atoms in total. The van der Waals surface area contributed by atoms with Gasteiger partial charge in [0.05, 0.1) is 26.4 Å². The van der Waals surface area contributed by atoms with Crippen LogP contribution in [0.4, 0.5) is 5.69 Å². The maximum Gasteiger partial charge on any atom is 0.339 e. The molecule has 1 atom stereocenters. The van der Waals surface area contributed by atoms with Crippen molar-refractivity contribution in [2.24, 2.45) is 5.92 Å². The number of anilines is 1. The highest BCUT2D eigenvalue weighted by Gasteiger charge is 2.20. The first kappa shape index (κ1) is 22.1. The van der Waals surface area contributed by atoms with Crippen molar-refractivity contribution in [3.63, 3.8) is 0 Å². The number of hydrogen-bond donors (Lipinski definition) is 1. The van der Waals surface area contributed by atoms with Gasteiger partial charge in [0.1, 0.15) is 5.75 Å². The molecule has 0 heterocycles. The van der Waals surface area contributed by atoms with Gasteiger partial charge in [0, 0.05) is 11.8 Å². The molecule has 2 aromatic rings. The maximum absolute atomic E-state index is 12.4. The SMILES string of the molecule is COc1ccc(NC(=O)C(C)OC(=O)c2cccc(OCC(C)C)c2)cc1OC. The molecule has 0 aromatic heterocycles. The highest BCUT2D eigenvalue weighted by molar-refractivity contribution is 5.97. The molecule has 0 bridgehead atoms. The second-order valence-electron chi connectivity index (χ2n) is 6.84. The van der Waals surface area contributed by atoms with Gasteiger partial charge in [-0.05, 0) is 43.2 Å². The van der Waals surface area contributed by atoms with Crippen molar-refractivity contribution in [1.29, 1.82) is 0 Å². The van der Waals surface area contributed by atoms with Crippen LogP contribution < -0.4 is 19.5 Å². The number of hydrogen-bond acceptors (Lipinski definition) is 6. The third-order valence-electron chi connectivity index (χ3n) is 3.96. The molecule has 0 radical (unpaired) electrons. The van der Waals surface area contributed by atoms with Crippen molar-refractivity contribution >= 4 is 17.6 Å². The average molecular weight is 401 g/mol. The summed E-state index contributed by atoms with van der Waals surface area (Å²) in [4.78, 5) is 24.8. The number of carbonyl (C=O) groups excluding carboxylic acids is 2. The summed E-state index contributed by atoms with van der Waals surface area (Å²) in [6.07, 6.45) is -0.990. The van der Waals surface area contributed by atoms with E-state index in [4.69, 9.17) is 18.9 Å². The summed E-state index contributed by atoms with van der Waals surface area (Å²) in [5, 5.41) is 2.69. The van der Waals surface area contributed by atoms with Gasteiger partial charge in [0.2, 0.25) is 0 Å². The van der Waals surface area contributed by atoms with E-state index < -0.39 is 18.0 Å². The Morgan fingerprint density at radius 3 is 2.34 bits per heavy atom. The van der Waals surface area contributed by atoms with Crippen molar-refractivity contribution in [1.82, 2.24) is 0 Å². The van der Waals surface area contributed by atoms with Crippen molar-refractivity contribution < 1.29 is 28.5 Å². The molecule has 2 aromatic carbocycles. The average Bonchev–Trinajstić information content (AvgIpc) is 2.72. The summed E-state index contributed by atoms with van der Waals surface area (Å²) >= 11 is 0. The lowest BCUT2D eigenvalue weighted by Crippen LogP contribution is -2.30. The monoisotopic (exact) mass is 401 g/mol. The predicted octanol–water partition coefficient (Wildman–Crippen LogP) is 3.92. The molecule has 0 fully saturated rings. The lowest BCUT2D eigenvalue weighted by atomic mass is 10.2. The first-order valence-electron chi connectivity index (χ1n) is 9.30. The van der Waals surface area contributed by atoms with E-state index in [1.807, 2.05) is 13.8 Å². The number of methoxy groups -OCH3 is 2. The fourth-order valence-electron chi connectivity index (χ4n) is 2.42. The van der Waals surface area contributed by atoms with Gasteiger partial charge in [0.25, 0.3) is 5.91 Å². The Morgan fingerprint density at radius 2 is 1.69 bits per heavy atom. The Hall–Kier alpha value is -3.22. The van der Waals surface area contributed by atoms with Crippen LogP contribution in [0.25, 0.3) is 0 Å². The van der Waals surface area contributed by atoms with E-state index in [2.05, 4.69) is 5.32 Å². The van der Waals surface area contributed by atoms with Gasteiger partial charge in [0.15, 0.2) is 17.6 Å². The molecular weight excluding hydrogens is 374 g/mol. The van der Waals surface area contributed by atoms with E-state index in [9.17, 15) is 9.59 Å². The summed E-state index contributed by atoms with van der Waals surface area (Å²) in [7, 11) is 3.04. The smallest absolute Gasteiger partial charge is 0.339 e. The Morgan fingerprint density at radius 1 is 0.966 bits per heavy atom. The minimum Gasteiger partial charge on any atom is -0.493 e. The van der Waals surface area contributed by atoms with Gasteiger partial charge in [-0.25, -0.2) is 4.79 Å². The van der Waals surface area contributed by atoms with Crippen LogP contribution in [0.1, 0.15) is 31.1 Å². The zero-order valence-electron chi connectivity index (χ0n) is 17.4. The number of esters is 1. The van der Waals surface area contributed by atoms with E-state index in [0.29, 0.717) is 41.0 Å². The van der Waals surface area contributed by atoms with E-state index >= 15 is 0 Å². The molecule has 0 saturated heterocycles. The lowest BCUT2D eigenvalue weighted by Gasteiger charge is -2.15. The third-order valence-corrected chi connectivity index (χ3v) is 3.96. The predicted molar refractivity (Wildman–Crippen MR) is 110 cm³/mol. The molecule has 1 unspecified atom stereocenters. The summed E-state index contributed by atoms with van der Waals surface area (Å²) in [5.41, 5.74) is 0.816. The summed E-state index contributed by atoms with van der Waals surface area (Å²) in [6, 6.07) is 11.7. The van der Waals surface area contributed by atoms with E-state index in [-0.39, 0.29) is 0 Å². The van der Waals surface area contributed by atoms with Crippen molar-refractivity contribution in [3.05, 3.63) is 48.0 Å². The molecule has 2 rings (SSSR count). The van der Waals surface area contributed by atoms with Gasteiger partial charge in [-0.15, -0.1) is 0 Å². The second-order valence-corrected chi connectivity index (χ2v) is 6.84. The van der Waals surface area contributed by atoms with Crippen LogP contribution in [0, 0.1) is 5.92 Å². The molecule has 0 aliphatic carbocycles. The van der Waals surface area contributed by atoms with Gasteiger partial charge in [-0.1, -0.05) is 19.9 Å². The Labute approximate surface area is 170 Å². The number of amides is 1. The first-order valence-corrected chi connectivity index (χ1v) is 9.30. The number of rotatable bonds is 9. The van der Waals surface area contributed by atoms with Gasteiger partial charge < -0.3 is 24.3 Å². The van der Waals surface area contributed by atoms with E-state index in [1.165, 1.54) is 21.1 Å². The summed E-state index contributed by atoms with van der Waals surface area (Å²) in [6.45, 7) is 6.13. The standard InChI is InChI=1S/C22H27NO6/c1-14(2)13-28-18-8-6-7-16(11-18)22(25)29-15(3)21(24)23-17-9-10-19(26-4)20(12-17)27-5/h6-12,14-15H,13H2,1-5H3,(H,23,24). The molecule has 156 valence electrons. The quantitative estimate of drug-likeness (QED) is 0.641. The molecule has 1 amide bonds. The minimum atomic E-state index is -0.990. The number of ether oxygens (including phenoxy) is 4. The summed E-state index contributed by atoms with van der Waals surface area (Å²) < 4.78 is 21.3. The van der Waals surface area contributed by atoms with Crippen molar-refractivity contribution in [2.75, 3.05) is 26.1 Å². The molecule has 0 spiro atoms. The number of nitrogens with one attached hydrogen (secondary N) is 1. The van der Waals surface area contributed by atoms with Gasteiger partial charge in [-0.3, -0.25) is 4.79 Å². The Kier molecular flexibility index (Phi) is 7.88. The molecule has 7 heteroatoms. The molecule has 29 heavy (non-hydrogen) atoms. The number of carbonyl (C=O) groups is 2. The fourth-order valence-corrected chi connectivity index (χ4v) is 2.42. The van der Waals surface area contributed by atoms with E-state index in [1.54, 1.807) is 42.5 Å². The van der Waals surface area contributed by atoms with Crippen LogP contribution in [0.15, 0.2) is 42.5 Å². The van der Waals surface area contributed by atoms with Crippen LogP contribution in [0.2, 0.25) is 0 Å². The van der Waals surface area contributed by atoms with Crippen LogP contribution in [0.5, 0.6) is 17.2 Å². The van der Waals surface area contributed by atoms with Gasteiger partial charge in [-0.2, -0.15) is 0 Å². The zero-order chi connectivity index (χ0) is 21.4. The minimum absolute atomic E-state index is 0.317. The van der Waals surface area contributed by atoms with Crippen molar-refractivity contribution in [3.8, 4) is 17.2 Å². The van der Waals surface area contributed by atoms with Crippen LogP contribution >= 0.6 is 0 Å². The second kappa shape index (κ2) is 10.4. The molecule has 0 aliphatic rings. The molecule has 0 aliphatic heterocycles. The largest absolute Gasteiger partial charge is 0.493 e. The summed E-state index contributed by atoms with van der Waals surface area (Å²) in [5.74, 6) is 0.909. The molecule has 0 saturated carbocycles. The van der Waals surface area contributed by atoms with Crippen molar-refractivity contribution in [2.45, 2.75) is 26.9 Å². The third kappa shape index (κ3) is 6.41. The highest BCUT2D eigenvalue weighted by Crippen LogP contribution is 2.29. The molecule has 1 N–H and O–H groups in total. The van der Waals surface area contributed by atoms with Crippen LogP contribution in [-0.2, 0) is 9.53 Å². The van der Waals surface area contributed by atoms with Crippen LogP contribution in [-0.4, -0.2) is 38.8 Å². The topological polar surface area (TPSA) is 83.1 Å². The van der Waals surface area contributed by atoms with Gasteiger partial charge >= 0.3 is 5.97 Å². The van der Waals surface area contributed by atoms with Crippen LogP contribution in [0.3, 0.4) is 0 Å². The van der Waals surface area contributed by atoms with E-state index in [0.717, 1.165) is 0 Å². The Bertz CT molecular complexity index is 849. The zero-order valence-corrected chi connectivity index (χ0v) is 17.4. The normalized spacial score (nSPS) is 11.5. The first-order chi connectivity index (χ1) is 13.8. The fraction of sp³-hybridized carbons (Fsp3) is 0.364.